The number of carbonyl (C=O) groups excluding carboxylic acids is 1. The molecule has 0 aliphatic heterocycles. The third-order valence-electron chi connectivity index (χ3n) is 3.81. The number of amides is 1. The quantitative estimate of drug-likeness (QED) is 0.741. The van der Waals surface area contributed by atoms with Gasteiger partial charge in [-0.3, -0.25) is 4.79 Å². The van der Waals surface area contributed by atoms with E-state index in [2.05, 4.69) is 21.2 Å². The van der Waals surface area contributed by atoms with Crippen molar-refractivity contribution in [2.75, 3.05) is 0 Å². The van der Waals surface area contributed by atoms with Crippen LogP contribution in [0.2, 0.25) is 0 Å². The van der Waals surface area contributed by atoms with Gasteiger partial charge in [0, 0.05) is 12.2 Å². The number of alkyl carbamates (subject to hydrolysis) is 1. The van der Waals surface area contributed by atoms with Crippen molar-refractivity contribution < 1.29 is 19.0 Å². The molecule has 2 rings (SSSR count). The summed E-state index contributed by atoms with van der Waals surface area (Å²) >= 11 is 3.10. The van der Waals surface area contributed by atoms with E-state index in [1.165, 1.54) is 10.6 Å². The number of fused-ring (bicyclic) bond motifs is 1. The molecule has 2 aromatic rings. The number of rotatable bonds is 5. The van der Waals surface area contributed by atoms with E-state index in [9.17, 15) is 19.1 Å². The molecule has 1 aromatic carbocycles. The van der Waals surface area contributed by atoms with Gasteiger partial charge in [-0.25, -0.2) is 9.18 Å². The predicted octanol–water partition coefficient (Wildman–Crippen LogP) is 3.57. The van der Waals surface area contributed by atoms with E-state index in [4.69, 9.17) is 4.74 Å². The standard InChI is InChI=1S/C19H24BrFN2O4/c1-11(22-18(26)27-19(2,3)4)7-13(24)10-23-6-5-12-8-15(20)16(21)9-14(12)17(23)25/h5-6,8-9,11,13,24H,7,10H2,1-4H3,(H,22,26)/t11-,13?/m0/s1. The molecule has 0 bridgehead atoms. The van der Waals surface area contributed by atoms with Crippen LogP contribution in [0.5, 0.6) is 0 Å². The van der Waals surface area contributed by atoms with Gasteiger partial charge in [-0.05, 0) is 73.6 Å². The first-order valence-electron chi connectivity index (χ1n) is 8.62. The highest BCUT2D eigenvalue weighted by Crippen LogP contribution is 2.21. The molecule has 8 heteroatoms. The van der Waals surface area contributed by atoms with E-state index >= 15 is 0 Å². The van der Waals surface area contributed by atoms with Crippen LogP contribution in [0.3, 0.4) is 0 Å². The highest BCUT2D eigenvalue weighted by molar-refractivity contribution is 9.10. The number of aliphatic hydroxyl groups excluding tert-OH is 1. The zero-order valence-electron chi connectivity index (χ0n) is 15.8. The summed E-state index contributed by atoms with van der Waals surface area (Å²) in [7, 11) is 0. The molecule has 0 aliphatic carbocycles. The Morgan fingerprint density at radius 1 is 1.41 bits per heavy atom. The summed E-state index contributed by atoms with van der Waals surface area (Å²) in [4.78, 5) is 24.3. The molecular formula is C19H24BrFN2O4. The average Bonchev–Trinajstić information content (AvgIpc) is 2.50. The average molecular weight is 443 g/mol. The van der Waals surface area contributed by atoms with Gasteiger partial charge in [0.1, 0.15) is 11.4 Å². The fraction of sp³-hybridized carbons (Fsp3) is 0.474. The van der Waals surface area contributed by atoms with Gasteiger partial charge in [0.25, 0.3) is 5.56 Å². The van der Waals surface area contributed by atoms with Crippen molar-refractivity contribution in [3.63, 3.8) is 0 Å². The van der Waals surface area contributed by atoms with Crippen LogP contribution in [0.25, 0.3) is 10.8 Å². The van der Waals surface area contributed by atoms with Crippen molar-refractivity contribution >= 4 is 32.8 Å². The Labute approximate surface area is 165 Å². The van der Waals surface area contributed by atoms with Gasteiger partial charge in [-0.15, -0.1) is 0 Å². The minimum Gasteiger partial charge on any atom is -0.444 e. The number of aliphatic hydroxyl groups is 1. The van der Waals surface area contributed by atoms with E-state index in [1.54, 1.807) is 46.0 Å². The second-order valence-electron chi connectivity index (χ2n) is 7.56. The van der Waals surface area contributed by atoms with Crippen molar-refractivity contribution in [3.05, 3.63) is 45.0 Å². The van der Waals surface area contributed by atoms with Crippen LogP contribution in [0.1, 0.15) is 34.1 Å². The minimum atomic E-state index is -0.870. The number of benzene rings is 1. The van der Waals surface area contributed by atoms with E-state index in [-0.39, 0.29) is 34.4 Å². The Morgan fingerprint density at radius 3 is 2.70 bits per heavy atom. The van der Waals surface area contributed by atoms with Crippen molar-refractivity contribution in [2.45, 2.75) is 58.4 Å². The van der Waals surface area contributed by atoms with E-state index in [1.807, 2.05) is 0 Å². The lowest BCUT2D eigenvalue weighted by Gasteiger charge is -2.23. The lowest BCUT2D eigenvalue weighted by Crippen LogP contribution is -2.40. The topological polar surface area (TPSA) is 80.6 Å². The Bertz CT molecular complexity index is 892. The monoisotopic (exact) mass is 442 g/mol. The molecule has 1 amide bonds. The van der Waals surface area contributed by atoms with Gasteiger partial charge in [0.05, 0.1) is 22.5 Å². The number of ether oxygens (including phenoxy) is 1. The Morgan fingerprint density at radius 2 is 2.07 bits per heavy atom. The second-order valence-corrected chi connectivity index (χ2v) is 8.42. The number of halogens is 2. The predicted molar refractivity (Wildman–Crippen MR) is 105 cm³/mol. The number of nitrogens with one attached hydrogen (secondary N) is 1. The van der Waals surface area contributed by atoms with Crippen molar-refractivity contribution in [2.24, 2.45) is 0 Å². The van der Waals surface area contributed by atoms with Crippen LogP contribution >= 0.6 is 15.9 Å². The Hall–Kier alpha value is -1.93. The molecular weight excluding hydrogens is 419 g/mol. The largest absolute Gasteiger partial charge is 0.444 e. The summed E-state index contributed by atoms with van der Waals surface area (Å²) in [6.45, 7) is 7.06. The molecule has 0 radical (unpaired) electrons. The molecule has 1 unspecified atom stereocenters. The molecule has 6 nitrogen and oxygen atoms in total. The van der Waals surface area contributed by atoms with Gasteiger partial charge in [0.2, 0.25) is 0 Å². The van der Waals surface area contributed by atoms with Crippen LogP contribution in [0.4, 0.5) is 9.18 Å². The summed E-state index contributed by atoms with van der Waals surface area (Å²) in [5, 5.41) is 13.8. The Kier molecular flexibility index (Phi) is 6.64. The molecule has 148 valence electrons. The first-order valence-corrected chi connectivity index (χ1v) is 9.41. The van der Waals surface area contributed by atoms with Crippen LogP contribution in [0.15, 0.2) is 33.7 Å². The number of hydrogen-bond donors (Lipinski definition) is 2. The molecule has 0 aliphatic rings. The molecule has 0 fully saturated rings. The van der Waals surface area contributed by atoms with Gasteiger partial charge in [0.15, 0.2) is 0 Å². The Balaban J connectivity index is 2.04. The van der Waals surface area contributed by atoms with Crippen molar-refractivity contribution in [1.29, 1.82) is 0 Å². The summed E-state index contributed by atoms with van der Waals surface area (Å²) < 4.78 is 20.5. The zero-order valence-corrected chi connectivity index (χ0v) is 17.3. The van der Waals surface area contributed by atoms with Crippen molar-refractivity contribution in [3.8, 4) is 0 Å². The van der Waals surface area contributed by atoms with E-state index in [0.717, 1.165) is 0 Å². The van der Waals surface area contributed by atoms with Crippen LogP contribution in [0, 0.1) is 5.82 Å². The number of aromatic nitrogens is 1. The number of pyridine rings is 1. The number of carbonyl (C=O) groups is 1. The van der Waals surface area contributed by atoms with E-state index in [0.29, 0.717) is 5.39 Å². The molecule has 1 aromatic heterocycles. The van der Waals surface area contributed by atoms with Crippen LogP contribution in [-0.4, -0.2) is 33.5 Å². The number of nitrogens with zero attached hydrogens (tertiary/aromatic N) is 1. The summed E-state index contributed by atoms with van der Waals surface area (Å²) in [6.07, 6.45) is 0.360. The van der Waals surface area contributed by atoms with Gasteiger partial charge >= 0.3 is 6.09 Å². The summed E-state index contributed by atoms with van der Waals surface area (Å²) in [5.74, 6) is -0.520. The molecule has 1 heterocycles. The maximum atomic E-state index is 13.7. The third-order valence-corrected chi connectivity index (χ3v) is 4.42. The molecule has 0 saturated heterocycles. The first-order chi connectivity index (χ1) is 12.5. The van der Waals surface area contributed by atoms with Crippen LogP contribution < -0.4 is 10.9 Å². The molecule has 0 spiro atoms. The summed E-state index contributed by atoms with van der Waals surface area (Å²) in [5.41, 5.74) is -0.990. The van der Waals surface area contributed by atoms with Crippen molar-refractivity contribution in [1.82, 2.24) is 9.88 Å². The first kappa shape index (κ1) is 21.4. The highest BCUT2D eigenvalue weighted by Gasteiger charge is 2.19. The number of hydrogen-bond acceptors (Lipinski definition) is 4. The fourth-order valence-electron chi connectivity index (χ4n) is 2.70. The smallest absolute Gasteiger partial charge is 0.407 e. The van der Waals surface area contributed by atoms with E-state index < -0.39 is 23.6 Å². The SMILES string of the molecule is C[C@@H](CC(O)Cn1ccc2cc(Br)c(F)cc2c1=O)NC(=O)OC(C)(C)C. The zero-order chi connectivity index (χ0) is 20.4. The lowest BCUT2D eigenvalue weighted by atomic mass is 10.1. The fourth-order valence-corrected chi connectivity index (χ4v) is 3.06. The third kappa shape index (κ3) is 6.04. The molecule has 0 saturated carbocycles. The highest BCUT2D eigenvalue weighted by atomic mass is 79.9. The lowest BCUT2D eigenvalue weighted by molar-refractivity contribution is 0.0486. The molecule has 2 N–H and O–H groups in total. The summed E-state index contributed by atoms with van der Waals surface area (Å²) in [6, 6.07) is 4.06. The minimum absolute atomic E-state index is 0.0345. The maximum Gasteiger partial charge on any atom is 0.407 e. The van der Waals surface area contributed by atoms with Crippen LogP contribution in [-0.2, 0) is 11.3 Å². The normalized spacial score (nSPS) is 14.0. The van der Waals surface area contributed by atoms with Gasteiger partial charge < -0.3 is 19.7 Å². The van der Waals surface area contributed by atoms with Gasteiger partial charge in [-0.1, -0.05) is 0 Å². The maximum absolute atomic E-state index is 13.7. The molecule has 27 heavy (non-hydrogen) atoms. The van der Waals surface area contributed by atoms with Gasteiger partial charge in [-0.2, -0.15) is 0 Å². The molecule has 2 atom stereocenters. The second kappa shape index (κ2) is 8.39.